The van der Waals surface area contributed by atoms with Gasteiger partial charge in [0.25, 0.3) is 0 Å². The summed E-state index contributed by atoms with van der Waals surface area (Å²) in [7, 11) is -2.87. The lowest BCUT2D eigenvalue weighted by atomic mass is 9.98. The summed E-state index contributed by atoms with van der Waals surface area (Å²) < 4.78 is 36.7. The largest absolute Gasteiger partial charge is 0.493 e. The van der Waals surface area contributed by atoms with Crippen LogP contribution < -0.4 is 9.47 Å². The maximum atomic E-state index is 11.7. The van der Waals surface area contributed by atoms with Gasteiger partial charge in [-0.2, -0.15) is 0 Å². The Hall–Kier alpha value is -3.87. The van der Waals surface area contributed by atoms with Gasteiger partial charge in [-0.1, -0.05) is 18.1 Å². The summed E-state index contributed by atoms with van der Waals surface area (Å²) in [5.41, 5.74) is 4.87. The van der Waals surface area contributed by atoms with E-state index < -0.39 is 21.7 Å². The van der Waals surface area contributed by atoms with Crippen LogP contribution >= 0.6 is 11.3 Å². The number of aryl methyl sites for hydroxylation is 1. The van der Waals surface area contributed by atoms with Crippen molar-refractivity contribution < 1.29 is 27.8 Å². The lowest BCUT2D eigenvalue weighted by molar-refractivity contribution is -0.137. The normalized spacial score (nSPS) is 15.5. The molecule has 0 unspecified atom stereocenters. The molecule has 0 spiro atoms. The van der Waals surface area contributed by atoms with Crippen molar-refractivity contribution in [1.82, 2.24) is 4.98 Å². The third-order valence-electron chi connectivity index (χ3n) is 7.53. The van der Waals surface area contributed by atoms with Crippen molar-refractivity contribution in [2.45, 2.75) is 45.6 Å². The van der Waals surface area contributed by atoms with Crippen molar-refractivity contribution in [2.24, 2.45) is 5.92 Å². The van der Waals surface area contributed by atoms with Gasteiger partial charge in [-0.15, -0.1) is 17.3 Å². The van der Waals surface area contributed by atoms with Gasteiger partial charge in [0, 0.05) is 21.8 Å². The van der Waals surface area contributed by atoms with E-state index in [0.717, 1.165) is 49.5 Å². The maximum absolute atomic E-state index is 11.7. The van der Waals surface area contributed by atoms with E-state index in [-0.39, 0.29) is 30.5 Å². The van der Waals surface area contributed by atoms with Crippen LogP contribution in [0.5, 0.6) is 11.5 Å². The number of carbonyl (C=O) groups is 1. The first-order chi connectivity index (χ1) is 20.2. The van der Waals surface area contributed by atoms with Gasteiger partial charge in [0.2, 0.25) is 0 Å². The number of hydrogen-bond donors (Lipinski definition) is 1. The number of carboxylic acid groups (broad SMARTS) is 1. The number of thiophene rings is 1. The molecule has 1 atom stereocenters. The van der Waals surface area contributed by atoms with Gasteiger partial charge in [-0.3, -0.25) is 9.78 Å². The van der Waals surface area contributed by atoms with Crippen LogP contribution in [0.4, 0.5) is 0 Å². The fourth-order valence-electron chi connectivity index (χ4n) is 5.14. The SMILES string of the molecule is CC#C[C@H](CC(=O)O)c1ccc(COc2ccc3scc(-c4ccc(OCC5CCS(=O)(=O)CC5)cc4C)c3c2)nc1. The summed E-state index contributed by atoms with van der Waals surface area (Å²) in [5.74, 6) is 6.76. The molecule has 0 radical (unpaired) electrons. The minimum absolute atomic E-state index is 0.0642. The quantitative estimate of drug-likeness (QED) is 0.203. The van der Waals surface area contributed by atoms with Crippen molar-refractivity contribution in [3.63, 3.8) is 0 Å². The predicted molar refractivity (Wildman–Crippen MR) is 166 cm³/mol. The van der Waals surface area contributed by atoms with Gasteiger partial charge in [0.1, 0.15) is 27.9 Å². The van der Waals surface area contributed by atoms with Crippen molar-refractivity contribution in [2.75, 3.05) is 18.1 Å². The molecule has 2 aromatic carbocycles. The molecule has 42 heavy (non-hydrogen) atoms. The smallest absolute Gasteiger partial charge is 0.304 e. The van der Waals surface area contributed by atoms with Crippen LogP contribution in [0.1, 0.15) is 48.9 Å². The molecule has 1 aliphatic heterocycles. The molecule has 7 nitrogen and oxygen atoms in total. The first-order valence-corrected chi connectivity index (χ1v) is 16.6. The van der Waals surface area contributed by atoms with Crippen LogP contribution in [0.25, 0.3) is 21.2 Å². The number of sulfone groups is 1. The fraction of sp³-hybridized carbons (Fsp3) is 0.333. The Bertz CT molecular complexity index is 1730. The van der Waals surface area contributed by atoms with Gasteiger partial charge in [-0.05, 0) is 91.1 Å². The zero-order chi connectivity index (χ0) is 29.7. The minimum atomic E-state index is -2.87. The highest BCUT2D eigenvalue weighted by Gasteiger charge is 2.24. The standard InChI is InChI=1S/C33H33NO6S2/c1-3-4-24(16-33(35)36)25-5-6-26(34-18-25)20-40-28-8-10-32-30(17-28)31(21-41-32)29-9-7-27(15-22(29)2)39-19-23-11-13-42(37,38)14-12-23/h5-10,15,17-18,21,23-24H,11-14,16,19-20H2,1-2H3,(H,35,36)/t24-/m1/s1. The monoisotopic (exact) mass is 603 g/mol. The number of carboxylic acids is 1. The maximum Gasteiger partial charge on any atom is 0.304 e. The molecule has 1 fully saturated rings. The summed E-state index contributed by atoms with van der Waals surface area (Å²) in [6.45, 7) is 4.58. The van der Waals surface area contributed by atoms with Crippen LogP contribution in [0.2, 0.25) is 0 Å². The van der Waals surface area contributed by atoms with Gasteiger partial charge in [0.05, 0.1) is 36.1 Å². The number of nitrogens with zero attached hydrogens (tertiary/aromatic N) is 1. The Morgan fingerprint density at radius 1 is 1.07 bits per heavy atom. The van der Waals surface area contributed by atoms with Crippen molar-refractivity contribution in [1.29, 1.82) is 0 Å². The first-order valence-electron chi connectivity index (χ1n) is 13.9. The highest BCUT2D eigenvalue weighted by atomic mass is 32.2. The molecule has 1 aliphatic rings. The number of rotatable bonds is 10. The highest BCUT2D eigenvalue weighted by Crippen LogP contribution is 2.38. The molecule has 0 saturated carbocycles. The zero-order valence-corrected chi connectivity index (χ0v) is 25.3. The van der Waals surface area contributed by atoms with E-state index in [4.69, 9.17) is 14.6 Å². The summed E-state index contributed by atoms with van der Waals surface area (Å²) in [5, 5.41) is 12.4. The molecule has 5 rings (SSSR count). The minimum Gasteiger partial charge on any atom is -0.493 e. The number of aromatic nitrogens is 1. The van der Waals surface area contributed by atoms with Crippen LogP contribution in [0.3, 0.4) is 0 Å². The predicted octanol–water partition coefficient (Wildman–Crippen LogP) is 6.64. The molecule has 0 bridgehead atoms. The number of aliphatic carboxylic acids is 1. The Balaban J connectivity index is 1.25. The molecule has 4 aromatic rings. The molecular weight excluding hydrogens is 570 g/mol. The number of fused-ring (bicyclic) bond motifs is 1. The molecule has 1 N–H and O–H groups in total. The molecule has 2 aromatic heterocycles. The second kappa shape index (κ2) is 13.0. The van der Waals surface area contributed by atoms with Gasteiger partial charge < -0.3 is 14.6 Å². The molecule has 0 amide bonds. The number of hydrogen-bond acceptors (Lipinski definition) is 7. The van der Waals surface area contributed by atoms with Crippen LogP contribution in [0.15, 0.2) is 60.1 Å². The molecule has 3 heterocycles. The Kier molecular flexibility index (Phi) is 9.15. The summed E-state index contributed by atoms with van der Waals surface area (Å²) in [4.78, 5) is 15.6. The third kappa shape index (κ3) is 7.30. The average molecular weight is 604 g/mol. The van der Waals surface area contributed by atoms with E-state index >= 15 is 0 Å². The second-order valence-corrected chi connectivity index (χ2v) is 13.8. The van der Waals surface area contributed by atoms with E-state index in [9.17, 15) is 13.2 Å². The molecule has 0 aliphatic carbocycles. The van der Waals surface area contributed by atoms with Crippen molar-refractivity contribution >= 4 is 37.2 Å². The van der Waals surface area contributed by atoms with Crippen molar-refractivity contribution in [3.8, 4) is 34.5 Å². The Morgan fingerprint density at radius 3 is 2.52 bits per heavy atom. The lowest BCUT2D eigenvalue weighted by Gasteiger charge is -2.22. The zero-order valence-electron chi connectivity index (χ0n) is 23.6. The highest BCUT2D eigenvalue weighted by molar-refractivity contribution is 7.91. The number of benzene rings is 2. The topological polar surface area (TPSA) is 103 Å². The van der Waals surface area contributed by atoms with Crippen LogP contribution in [0, 0.1) is 24.7 Å². The van der Waals surface area contributed by atoms with E-state index in [1.54, 1.807) is 24.5 Å². The van der Waals surface area contributed by atoms with Gasteiger partial charge >= 0.3 is 5.97 Å². The Labute approximate surface area is 250 Å². The molecular formula is C33H33NO6S2. The number of ether oxygens (including phenoxy) is 2. The summed E-state index contributed by atoms with van der Waals surface area (Å²) in [6, 6.07) is 15.9. The van der Waals surface area contributed by atoms with E-state index in [2.05, 4.69) is 47.3 Å². The van der Waals surface area contributed by atoms with E-state index in [1.165, 1.54) is 0 Å². The molecule has 9 heteroatoms. The van der Waals surface area contributed by atoms with Crippen LogP contribution in [-0.2, 0) is 21.2 Å². The van der Waals surface area contributed by atoms with E-state index in [0.29, 0.717) is 19.4 Å². The second-order valence-electron chi connectivity index (χ2n) is 10.6. The van der Waals surface area contributed by atoms with Gasteiger partial charge in [-0.25, -0.2) is 8.42 Å². The first kappa shape index (κ1) is 29.6. The molecule has 218 valence electrons. The fourth-order valence-corrected chi connectivity index (χ4v) is 7.67. The summed E-state index contributed by atoms with van der Waals surface area (Å²) >= 11 is 1.68. The Morgan fingerprint density at radius 2 is 1.83 bits per heavy atom. The summed E-state index contributed by atoms with van der Waals surface area (Å²) in [6.07, 6.45) is 2.93. The lowest BCUT2D eigenvalue weighted by Crippen LogP contribution is -2.26. The van der Waals surface area contributed by atoms with E-state index in [1.807, 2.05) is 30.3 Å². The van der Waals surface area contributed by atoms with Crippen LogP contribution in [-0.4, -0.2) is 42.6 Å². The average Bonchev–Trinajstić information content (AvgIpc) is 3.38. The molecule has 1 saturated heterocycles. The van der Waals surface area contributed by atoms with Crippen molar-refractivity contribution in [3.05, 3.63) is 76.9 Å². The third-order valence-corrected chi connectivity index (χ3v) is 10.2. The van der Waals surface area contributed by atoms with Gasteiger partial charge in [0.15, 0.2) is 0 Å². The number of pyridine rings is 1.